The van der Waals surface area contributed by atoms with Crippen LogP contribution in [0.5, 0.6) is 5.75 Å². The van der Waals surface area contributed by atoms with Gasteiger partial charge in [0.25, 0.3) is 10.0 Å². The molecule has 0 spiro atoms. The van der Waals surface area contributed by atoms with Gasteiger partial charge in [-0.1, -0.05) is 11.3 Å². The van der Waals surface area contributed by atoms with Crippen LogP contribution >= 0.6 is 11.3 Å². The molecule has 0 bridgehead atoms. The van der Waals surface area contributed by atoms with Crippen LogP contribution in [-0.2, 0) is 10.0 Å². The first-order valence-corrected chi connectivity index (χ1v) is 9.32. The van der Waals surface area contributed by atoms with Crippen LogP contribution in [0.25, 0.3) is 10.3 Å². The molecule has 0 amide bonds. The molecule has 1 aromatic heterocycles. The molecule has 0 fully saturated rings. The third-order valence-electron chi connectivity index (χ3n) is 3.65. The minimum absolute atomic E-state index is 0.126. The molecule has 1 N–H and O–H groups in total. The number of benzene rings is 2. The SMILES string of the molecule is COc1ccc(S(=O)(=O)Nc2cc(C)c3oc(=O)sc3c2C)cc1. The van der Waals surface area contributed by atoms with Crippen molar-refractivity contribution in [2.75, 3.05) is 11.8 Å². The monoisotopic (exact) mass is 365 g/mol. The van der Waals surface area contributed by atoms with Crippen LogP contribution in [0.4, 0.5) is 5.69 Å². The molecule has 0 aliphatic rings. The molecule has 3 aromatic rings. The van der Waals surface area contributed by atoms with Crippen LogP contribution in [-0.4, -0.2) is 15.5 Å². The summed E-state index contributed by atoms with van der Waals surface area (Å²) in [4.78, 5) is 11.2. The lowest BCUT2D eigenvalue weighted by atomic mass is 10.1. The Hall–Kier alpha value is -2.32. The molecule has 6 nitrogen and oxygen atoms in total. The summed E-state index contributed by atoms with van der Waals surface area (Å²) in [5.74, 6) is 0.575. The van der Waals surface area contributed by atoms with E-state index in [9.17, 15) is 13.2 Å². The molecule has 0 radical (unpaired) electrons. The van der Waals surface area contributed by atoms with Crippen molar-refractivity contribution in [2.45, 2.75) is 18.7 Å². The highest BCUT2D eigenvalue weighted by molar-refractivity contribution is 7.92. The topological polar surface area (TPSA) is 85.6 Å². The van der Waals surface area contributed by atoms with Gasteiger partial charge >= 0.3 is 4.94 Å². The van der Waals surface area contributed by atoms with Crippen LogP contribution in [0.2, 0.25) is 0 Å². The van der Waals surface area contributed by atoms with Crippen molar-refractivity contribution >= 4 is 37.3 Å². The van der Waals surface area contributed by atoms with Gasteiger partial charge in [0.2, 0.25) is 0 Å². The van der Waals surface area contributed by atoms with Crippen molar-refractivity contribution in [3.8, 4) is 5.75 Å². The Kier molecular flexibility index (Phi) is 4.10. The molecule has 3 rings (SSSR count). The third-order valence-corrected chi connectivity index (χ3v) is 5.98. The molecule has 126 valence electrons. The fraction of sp³-hybridized carbons (Fsp3) is 0.188. The van der Waals surface area contributed by atoms with E-state index < -0.39 is 15.0 Å². The Labute approximate surface area is 142 Å². The van der Waals surface area contributed by atoms with Crippen LogP contribution in [0.3, 0.4) is 0 Å². The number of fused-ring (bicyclic) bond motifs is 1. The Morgan fingerprint density at radius 1 is 1.17 bits per heavy atom. The van der Waals surface area contributed by atoms with E-state index in [4.69, 9.17) is 9.15 Å². The van der Waals surface area contributed by atoms with Gasteiger partial charge < -0.3 is 9.15 Å². The average molecular weight is 365 g/mol. The van der Waals surface area contributed by atoms with Crippen LogP contribution < -0.4 is 14.4 Å². The largest absolute Gasteiger partial charge is 0.497 e. The predicted molar refractivity (Wildman–Crippen MR) is 93.6 cm³/mol. The first kappa shape index (κ1) is 16.5. The van der Waals surface area contributed by atoms with Gasteiger partial charge in [0.05, 0.1) is 22.4 Å². The van der Waals surface area contributed by atoms with E-state index in [2.05, 4.69) is 4.72 Å². The first-order chi connectivity index (χ1) is 11.3. The quantitative estimate of drug-likeness (QED) is 0.767. The Bertz CT molecular complexity index is 1060. The van der Waals surface area contributed by atoms with Crippen molar-refractivity contribution in [1.29, 1.82) is 0 Å². The standard InChI is InChI=1S/C16H15NO5S2/c1-9-8-13(10(2)15-14(9)22-16(18)23-15)17-24(19,20)12-6-4-11(21-3)5-7-12/h4-8,17H,1-3H3. The summed E-state index contributed by atoms with van der Waals surface area (Å²) < 4.78 is 38.5. The van der Waals surface area contributed by atoms with Gasteiger partial charge in [0.1, 0.15) is 5.75 Å². The van der Waals surface area contributed by atoms with Crippen molar-refractivity contribution in [3.63, 3.8) is 0 Å². The van der Waals surface area contributed by atoms with E-state index in [0.29, 0.717) is 32.8 Å². The number of sulfonamides is 1. The zero-order valence-electron chi connectivity index (χ0n) is 13.2. The molecule has 0 aliphatic heterocycles. The normalized spacial score (nSPS) is 11.6. The maximum atomic E-state index is 12.6. The number of hydrogen-bond donors (Lipinski definition) is 1. The van der Waals surface area contributed by atoms with Crippen molar-refractivity contribution in [3.05, 3.63) is 51.2 Å². The highest BCUT2D eigenvalue weighted by Gasteiger charge is 2.19. The zero-order chi connectivity index (χ0) is 17.5. The van der Waals surface area contributed by atoms with Crippen molar-refractivity contribution in [2.24, 2.45) is 0 Å². The molecular formula is C16H15NO5S2. The smallest absolute Gasteiger partial charge is 0.396 e. The molecule has 0 saturated carbocycles. The summed E-state index contributed by atoms with van der Waals surface area (Å²) >= 11 is 0.960. The summed E-state index contributed by atoms with van der Waals surface area (Å²) in [6, 6.07) is 7.76. The van der Waals surface area contributed by atoms with Crippen LogP contribution in [0, 0.1) is 13.8 Å². The maximum Gasteiger partial charge on any atom is 0.396 e. The maximum absolute atomic E-state index is 12.6. The van der Waals surface area contributed by atoms with E-state index >= 15 is 0 Å². The van der Waals surface area contributed by atoms with E-state index in [-0.39, 0.29) is 4.90 Å². The number of ether oxygens (including phenoxy) is 1. The highest BCUT2D eigenvalue weighted by Crippen LogP contribution is 2.32. The minimum Gasteiger partial charge on any atom is -0.497 e. The fourth-order valence-electron chi connectivity index (χ4n) is 2.36. The molecular weight excluding hydrogens is 350 g/mol. The number of hydrogen-bond acceptors (Lipinski definition) is 6. The third kappa shape index (κ3) is 2.90. The average Bonchev–Trinajstić information content (AvgIpc) is 2.95. The van der Waals surface area contributed by atoms with Gasteiger partial charge in [-0.3, -0.25) is 4.72 Å². The molecule has 8 heteroatoms. The first-order valence-electron chi connectivity index (χ1n) is 7.02. The van der Waals surface area contributed by atoms with Gasteiger partial charge in [-0.2, -0.15) is 0 Å². The van der Waals surface area contributed by atoms with Crippen molar-refractivity contribution < 1.29 is 17.6 Å². The zero-order valence-corrected chi connectivity index (χ0v) is 14.9. The molecule has 1 heterocycles. The van der Waals surface area contributed by atoms with Gasteiger partial charge in [-0.05, 0) is 55.3 Å². The Morgan fingerprint density at radius 3 is 2.46 bits per heavy atom. The number of methoxy groups -OCH3 is 1. The summed E-state index contributed by atoms with van der Waals surface area (Å²) in [5.41, 5.74) is 2.27. The summed E-state index contributed by atoms with van der Waals surface area (Å²) in [7, 11) is -2.24. The lowest BCUT2D eigenvalue weighted by Crippen LogP contribution is -2.14. The number of nitrogens with one attached hydrogen (secondary N) is 1. The molecule has 0 atom stereocenters. The molecule has 0 saturated heterocycles. The number of anilines is 1. The molecule has 0 unspecified atom stereocenters. The fourth-order valence-corrected chi connectivity index (χ4v) is 4.33. The molecule has 2 aromatic carbocycles. The molecule has 24 heavy (non-hydrogen) atoms. The summed E-state index contributed by atoms with van der Waals surface area (Å²) in [6.45, 7) is 3.52. The second-order valence-corrected chi connectivity index (χ2v) is 7.89. The Balaban J connectivity index is 2.04. The highest BCUT2D eigenvalue weighted by atomic mass is 32.2. The predicted octanol–water partition coefficient (Wildman–Crippen LogP) is 3.28. The molecule has 0 aliphatic carbocycles. The van der Waals surface area contributed by atoms with Gasteiger partial charge in [-0.25, -0.2) is 13.2 Å². The number of aryl methyl sites for hydroxylation is 2. The number of rotatable bonds is 4. The van der Waals surface area contributed by atoms with E-state index in [1.54, 1.807) is 32.0 Å². The van der Waals surface area contributed by atoms with Crippen LogP contribution in [0.15, 0.2) is 44.4 Å². The summed E-state index contributed by atoms with van der Waals surface area (Å²) in [5, 5.41) is 0. The van der Waals surface area contributed by atoms with Gasteiger partial charge in [0.15, 0.2) is 5.58 Å². The van der Waals surface area contributed by atoms with E-state index in [1.807, 2.05) is 0 Å². The minimum atomic E-state index is -3.75. The lowest BCUT2D eigenvalue weighted by molar-refractivity contribution is 0.414. The summed E-state index contributed by atoms with van der Waals surface area (Å²) in [6.07, 6.45) is 0. The Morgan fingerprint density at radius 2 is 1.83 bits per heavy atom. The van der Waals surface area contributed by atoms with E-state index in [1.165, 1.54) is 19.2 Å². The second-order valence-electron chi connectivity index (χ2n) is 5.26. The van der Waals surface area contributed by atoms with Gasteiger partial charge in [0, 0.05) is 0 Å². The van der Waals surface area contributed by atoms with Gasteiger partial charge in [-0.15, -0.1) is 0 Å². The van der Waals surface area contributed by atoms with Crippen LogP contribution in [0.1, 0.15) is 11.1 Å². The lowest BCUT2D eigenvalue weighted by Gasteiger charge is -2.12. The van der Waals surface area contributed by atoms with E-state index in [0.717, 1.165) is 11.3 Å². The van der Waals surface area contributed by atoms with Crippen molar-refractivity contribution in [1.82, 2.24) is 0 Å². The second kappa shape index (κ2) is 5.95.